The molecule has 2 atom stereocenters. The van der Waals surface area contributed by atoms with Crippen molar-refractivity contribution in [2.24, 2.45) is 0 Å². The summed E-state index contributed by atoms with van der Waals surface area (Å²) in [5.74, 6) is 0. The van der Waals surface area contributed by atoms with Crippen molar-refractivity contribution in [1.82, 2.24) is 4.31 Å². The number of rotatable bonds is 3. The molecule has 0 aromatic heterocycles. The molecule has 1 aliphatic rings. The highest BCUT2D eigenvalue weighted by Gasteiger charge is 2.45. The van der Waals surface area contributed by atoms with Crippen LogP contribution in [0.25, 0.3) is 0 Å². The molecule has 0 aliphatic carbocycles. The van der Waals surface area contributed by atoms with Gasteiger partial charge in [0, 0.05) is 6.54 Å². The normalized spacial score (nSPS) is 22.2. The van der Waals surface area contributed by atoms with Gasteiger partial charge in [-0.05, 0) is 24.6 Å². The molecular weight excluding hydrogens is 258 g/mol. The highest BCUT2D eigenvalue weighted by atomic mass is 32.2. The summed E-state index contributed by atoms with van der Waals surface area (Å²) in [5, 5.41) is 0. The molecule has 3 rings (SSSR count). The first-order valence-electron chi connectivity index (χ1n) is 6.22. The van der Waals surface area contributed by atoms with Crippen molar-refractivity contribution in [3.05, 3.63) is 65.7 Å². The van der Waals surface area contributed by atoms with E-state index in [2.05, 4.69) is 0 Å². The Morgan fingerprint density at radius 3 is 2.26 bits per heavy atom. The second-order valence-corrected chi connectivity index (χ2v) is 6.70. The molecule has 2 aromatic rings. The zero-order valence-corrected chi connectivity index (χ0v) is 11.5. The fraction of sp³-hybridized carbons (Fsp3) is 0.200. The fourth-order valence-electron chi connectivity index (χ4n) is 2.18. The minimum absolute atomic E-state index is 0.00694. The molecule has 1 aliphatic heterocycles. The van der Waals surface area contributed by atoms with Crippen LogP contribution in [0.1, 0.15) is 17.2 Å². The summed E-state index contributed by atoms with van der Waals surface area (Å²) < 4.78 is 26.4. The van der Waals surface area contributed by atoms with Gasteiger partial charge in [0.1, 0.15) is 0 Å². The third kappa shape index (κ3) is 2.29. The van der Waals surface area contributed by atoms with Gasteiger partial charge in [0.15, 0.2) is 0 Å². The zero-order chi connectivity index (χ0) is 13.5. The summed E-state index contributed by atoms with van der Waals surface area (Å²) in [7, 11) is -3.35. The zero-order valence-electron chi connectivity index (χ0n) is 10.7. The molecule has 1 heterocycles. The van der Waals surface area contributed by atoms with E-state index in [0.717, 1.165) is 11.1 Å². The minimum atomic E-state index is -3.35. The van der Waals surface area contributed by atoms with E-state index in [0.29, 0.717) is 11.4 Å². The van der Waals surface area contributed by atoms with E-state index in [1.54, 1.807) is 12.1 Å². The van der Waals surface area contributed by atoms with Gasteiger partial charge in [0.25, 0.3) is 0 Å². The molecule has 0 bridgehead atoms. The van der Waals surface area contributed by atoms with Gasteiger partial charge in [-0.25, -0.2) is 8.42 Å². The Bertz CT molecular complexity index is 678. The first kappa shape index (κ1) is 12.4. The van der Waals surface area contributed by atoms with Gasteiger partial charge < -0.3 is 0 Å². The van der Waals surface area contributed by atoms with Gasteiger partial charge in [0.2, 0.25) is 10.0 Å². The summed E-state index contributed by atoms with van der Waals surface area (Å²) in [6.45, 7) is 2.51. The van der Waals surface area contributed by atoms with Gasteiger partial charge in [-0.1, -0.05) is 48.0 Å². The Kier molecular flexibility index (Phi) is 2.92. The first-order valence-corrected chi connectivity index (χ1v) is 7.66. The number of sulfonamides is 1. The molecule has 4 heteroatoms. The van der Waals surface area contributed by atoms with Crippen LogP contribution in [0.15, 0.2) is 59.5 Å². The lowest BCUT2D eigenvalue weighted by molar-refractivity contribution is 0.554. The largest absolute Gasteiger partial charge is 0.243 e. The van der Waals surface area contributed by atoms with Crippen LogP contribution in [0.3, 0.4) is 0 Å². The van der Waals surface area contributed by atoms with Crippen molar-refractivity contribution < 1.29 is 8.42 Å². The summed E-state index contributed by atoms with van der Waals surface area (Å²) in [4.78, 5) is 0.372. The van der Waals surface area contributed by atoms with Crippen molar-refractivity contribution in [3.63, 3.8) is 0 Å². The van der Waals surface area contributed by atoms with E-state index in [-0.39, 0.29) is 6.04 Å². The predicted molar refractivity (Wildman–Crippen MR) is 74.3 cm³/mol. The minimum Gasteiger partial charge on any atom is -0.207 e. The van der Waals surface area contributed by atoms with Gasteiger partial charge in [0.05, 0.1) is 10.9 Å². The summed E-state index contributed by atoms with van der Waals surface area (Å²) in [5.41, 5.74) is 2.11. The van der Waals surface area contributed by atoms with E-state index in [4.69, 9.17) is 0 Å². The lowest BCUT2D eigenvalue weighted by Gasteiger charge is -2.06. The SMILES string of the molecule is Cc1ccc(S(=O)(=O)N2CC2c2ccccc2)cc1. The van der Waals surface area contributed by atoms with Crippen molar-refractivity contribution in [3.8, 4) is 0 Å². The van der Waals surface area contributed by atoms with Crippen LogP contribution in [-0.2, 0) is 10.0 Å². The summed E-state index contributed by atoms with van der Waals surface area (Å²) in [6, 6.07) is 16.7. The Labute approximate surface area is 113 Å². The van der Waals surface area contributed by atoms with Crippen molar-refractivity contribution in [2.45, 2.75) is 17.9 Å². The van der Waals surface area contributed by atoms with Crippen LogP contribution in [0.4, 0.5) is 0 Å². The predicted octanol–water partition coefficient (Wildman–Crippen LogP) is 2.74. The van der Waals surface area contributed by atoms with Gasteiger partial charge in [-0.3, -0.25) is 0 Å². The lowest BCUT2D eigenvalue weighted by atomic mass is 10.2. The molecule has 2 aromatic carbocycles. The van der Waals surface area contributed by atoms with Crippen LogP contribution in [0, 0.1) is 6.92 Å². The lowest BCUT2D eigenvalue weighted by Crippen LogP contribution is -2.12. The van der Waals surface area contributed by atoms with Gasteiger partial charge >= 0.3 is 0 Å². The molecule has 0 radical (unpaired) electrons. The Hall–Kier alpha value is -1.65. The molecule has 98 valence electrons. The maximum Gasteiger partial charge on any atom is 0.243 e. The molecule has 19 heavy (non-hydrogen) atoms. The number of hydrogen-bond acceptors (Lipinski definition) is 2. The number of benzene rings is 2. The average molecular weight is 273 g/mol. The maximum atomic E-state index is 12.4. The third-order valence-electron chi connectivity index (χ3n) is 3.38. The van der Waals surface area contributed by atoms with E-state index in [1.807, 2.05) is 49.4 Å². The second kappa shape index (κ2) is 4.47. The summed E-state index contributed by atoms with van der Waals surface area (Å²) >= 11 is 0. The molecule has 0 amide bonds. The highest BCUT2D eigenvalue weighted by molar-refractivity contribution is 7.89. The molecule has 2 unspecified atom stereocenters. The van der Waals surface area contributed by atoms with E-state index < -0.39 is 10.0 Å². The number of aryl methyl sites for hydroxylation is 1. The topological polar surface area (TPSA) is 37.1 Å². The van der Waals surface area contributed by atoms with Crippen LogP contribution in [-0.4, -0.2) is 19.3 Å². The highest BCUT2D eigenvalue weighted by Crippen LogP contribution is 2.40. The monoisotopic (exact) mass is 273 g/mol. The Balaban J connectivity index is 1.86. The quantitative estimate of drug-likeness (QED) is 0.806. The standard InChI is InChI=1S/C15H15NO2S/c1-12-7-9-14(10-8-12)19(17,18)16-11-15(16)13-5-3-2-4-6-13/h2-10,15H,11H2,1H3. The van der Waals surface area contributed by atoms with Crippen molar-refractivity contribution in [2.75, 3.05) is 6.54 Å². The maximum absolute atomic E-state index is 12.4. The van der Waals surface area contributed by atoms with Crippen molar-refractivity contribution in [1.29, 1.82) is 0 Å². The first-order chi connectivity index (χ1) is 9.09. The van der Waals surface area contributed by atoms with E-state index >= 15 is 0 Å². The number of nitrogens with zero attached hydrogens (tertiary/aromatic N) is 1. The average Bonchev–Trinajstić information content (AvgIpc) is 3.21. The molecule has 0 saturated carbocycles. The smallest absolute Gasteiger partial charge is 0.207 e. The fourth-order valence-corrected chi connectivity index (χ4v) is 3.73. The third-order valence-corrected chi connectivity index (χ3v) is 5.27. The molecular formula is C15H15NO2S. The Morgan fingerprint density at radius 1 is 1.00 bits per heavy atom. The molecule has 1 saturated heterocycles. The van der Waals surface area contributed by atoms with Crippen LogP contribution < -0.4 is 0 Å². The van der Waals surface area contributed by atoms with Gasteiger partial charge in [-0.2, -0.15) is 4.31 Å². The van der Waals surface area contributed by atoms with Crippen LogP contribution >= 0.6 is 0 Å². The summed E-state index contributed by atoms with van der Waals surface area (Å²) in [6.07, 6.45) is 0. The number of hydrogen-bond donors (Lipinski definition) is 0. The van der Waals surface area contributed by atoms with E-state index in [1.165, 1.54) is 4.31 Å². The second-order valence-electron chi connectivity index (χ2n) is 4.81. The van der Waals surface area contributed by atoms with Crippen molar-refractivity contribution >= 4 is 10.0 Å². The molecule has 0 N–H and O–H groups in total. The van der Waals surface area contributed by atoms with E-state index in [9.17, 15) is 8.42 Å². The van der Waals surface area contributed by atoms with Crippen LogP contribution in [0.5, 0.6) is 0 Å². The molecule has 0 spiro atoms. The van der Waals surface area contributed by atoms with Gasteiger partial charge in [-0.15, -0.1) is 0 Å². The molecule has 3 nitrogen and oxygen atoms in total. The molecule has 1 fully saturated rings. The Morgan fingerprint density at radius 2 is 1.63 bits per heavy atom. The van der Waals surface area contributed by atoms with Crippen LogP contribution in [0.2, 0.25) is 0 Å².